The first-order chi connectivity index (χ1) is 15.2. The van der Waals surface area contributed by atoms with Crippen LogP contribution in [0, 0.1) is 26.0 Å². The molecule has 0 aliphatic carbocycles. The Bertz CT molecular complexity index is 1390. The molecule has 1 heterocycles. The summed E-state index contributed by atoms with van der Waals surface area (Å²) in [6.07, 6.45) is 0. The summed E-state index contributed by atoms with van der Waals surface area (Å²) >= 11 is 6.04. The van der Waals surface area contributed by atoms with E-state index in [9.17, 15) is 29.4 Å². The third kappa shape index (κ3) is 4.09. The molecule has 0 unspecified atom stereocenters. The Morgan fingerprint density at radius 3 is 2.31 bits per heavy atom. The van der Waals surface area contributed by atoms with E-state index in [0.717, 1.165) is 24.3 Å². The number of carbonyl (C=O) groups excluding carboxylic acids is 1. The number of nitrogens with one attached hydrogen (secondary N) is 1. The van der Waals surface area contributed by atoms with Gasteiger partial charge in [0.2, 0.25) is 5.89 Å². The molecule has 4 aromatic rings. The Hall–Kier alpha value is -4.38. The molecule has 0 aliphatic heterocycles. The molecule has 0 aliphatic rings. The van der Waals surface area contributed by atoms with Crippen LogP contribution >= 0.6 is 11.6 Å². The molecule has 12 heteroatoms. The smallest absolute Gasteiger partial charge is 0.277 e. The fourth-order valence-electron chi connectivity index (χ4n) is 2.92. The molecule has 4 rings (SSSR count). The topological polar surface area (TPSA) is 141 Å². The van der Waals surface area contributed by atoms with Gasteiger partial charge >= 0.3 is 0 Å². The standard InChI is InChI=1S/C20H10ClFN4O6/c21-16-7-11(22)1-3-15(16)20-24-17-8-12(2-4-18(17)32-20)23-19(27)10-5-13(25(28)29)9-14(6-10)26(30)31/h1-9H,(H,23,27). The number of nitrogens with zero attached hydrogens (tertiary/aromatic N) is 3. The second-order valence-electron chi connectivity index (χ2n) is 6.53. The van der Waals surface area contributed by atoms with Gasteiger partial charge in [0.25, 0.3) is 17.3 Å². The number of amides is 1. The van der Waals surface area contributed by atoms with Gasteiger partial charge in [-0.2, -0.15) is 0 Å². The summed E-state index contributed by atoms with van der Waals surface area (Å²) < 4.78 is 18.9. The van der Waals surface area contributed by atoms with Crippen molar-refractivity contribution in [1.29, 1.82) is 0 Å². The molecule has 1 amide bonds. The predicted octanol–water partition coefficient (Wildman–Crippen LogP) is 5.36. The second-order valence-corrected chi connectivity index (χ2v) is 6.94. The van der Waals surface area contributed by atoms with Crippen LogP contribution in [0.15, 0.2) is 59.0 Å². The number of hydrogen-bond acceptors (Lipinski definition) is 7. The van der Waals surface area contributed by atoms with Crippen molar-refractivity contribution in [2.45, 2.75) is 0 Å². The lowest BCUT2D eigenvalue weighted by atomic mass is 10.1. The van der Waals surface area contributed by atoms with Crippen molar-refractivity contribution >= 4 is 45.7 Å². The molecule has 32 heavy (non-hydrogen) atoms. The van der Waals surface area contributed by atoms with Crippen LogP contribution in [0.4, 0.5) is 21.5 Å². The molecule has 0 radical (unpaired) electrons. The number of anilines is 1. The zero-order valence-corrected chi connectivity index (χ0v) is 16.5. The first-order valence-corrected chi connectivity index (χ1v) is 9.20. The van der Waals surface area contributed by atoms with Gasteiger partial charge in [0.05, 0.1) is 32.1 Å². The summed E-state index contributed by atoms with van der Waals surface area (Å²) in [6.45, 7) is 0. The van der Waals surface area contributed by atoms with E-state index in [-0.39, 0.29) is 22.2 Å². The van der Waals surface area contributed by atoms with Crippen LogP contribution in [0.1, 0.15) is 10.4 Å². The highest BCUT2D eigenvalue weighted by Gasteiger charge is 2.20. The minimum absolute atomic E-state index is 0.109. The Kier molecular flexibility index (Phi) is 5.24. The molecule has 1 N–H and O–H groups in total. The first-order valence-electron chi connectivity index (χ1n) is 8.82. The first kappa shape index (κ1) is 20.9. The molecule has 10 nitrogen and oxygen atoms in total. The van der Waals surface area contributed by atoms with Gasteiger partial charge in [0.15, 0.2) is 5.58 Å². The number of nitro benzene ring substituents is 2. The van der Waals surface area contributed by atoms with Crippen LogP contribution in [0.25, 0.3) is 22.6 Å². The Morgan fingerprint density at radius 1 is 1.00 bits per heavy atom. The predicted molar refractivity (Wildman–Crippen MR) is 112 cm³/mol. The molecular weight excluding hydrogens is 447 g/mol. The van der Waals surface area contributed by atoms with Crippen LogP contribution in [-0.4, -0.2) is 20.7 Å². The van der Waals surface area contributed by atoms with Gasteiger partial charge in [-0.15, -0.1) is 0 Å². The maximum Gasteiger partial charge on any atom is 0.277 e. The number of halogens is 2. The van der Waals surface area contributed by atoms with Gasteiger partial charge in [-0.25, -0.2) is 9.37 Å². The lowest BCUT2D eigenvalue weighted by Gasteiger charge is -2.05. The van der Waals surface area contributed by atoms with E-state index in [1.54, 1.807) is 0 Å². The third-order valence-corrected chi connectivity index (χ3v) is 4.71. The second kappa shape index (κ2) is 8.04. The molecule has 1 aromatic heterocycles. The van der Waals surface area contributed by atoms with Crippen molar-refractivity contribution in [2.24, 2.45) is 0 Å². The minimum atomic E-state index is -0.826. The molecule has 3 aromatic carbocycles. The molecule has 0 fully saturated rings. The van der Waals surface area contributed by atoms with E-state index in [1.807, 2.05) is 0 Å². The van der Waals surface area contributed by atoms with Crippen molar-refractivity contribution in [3.8, 4) is 11.5 Å². The van der Waals surface area contributed by atoms with Crippen molar-refractivity contribution in [3.63, 3.8) is 0 Å². The Morgan fingerprint density at radius 2 is 1.69 bits per heavy atom. The van der Waals surface area contributed by atoms with Gasteiger partial charge in [0.1, 0.15) is 11.3 Å². The van der Waals surface area contributed by atoms with Crippen molar-refractivity contribution in [1.82, 2.24) is 4.98 Å². The van der Waals surface area contributed by atoms with Crippen LogP contribution in [-0.2, 0) is 0 Å². The number of aromatic nitrogens is 1. The summed E-state index contributed by atoms with van der Waals surface area (Å²) in [5.41, 5.74) is -0.0766. The molecular formula is C20H10ClFN4O6. The fraction of sp³-hybridized carbons (Fsp3) is 0. The average Bonchev–Trinajstić information content (AvgIpc) is 3.16. The van der Waals surface area contributed by atoms with E-state index in [0.29, 0.717) is 16.7 Å². The summed E-state index contributed by atoms with van der Waals surface area (Å²) in [4.78, 5) is 37.2. The molecule has 0 saturated heterocycles. The van der Waals surface area contributed by atoms with Crippen LogP contribution in [0.3, 0.4) is 0 Å². The zero-order chi connectivity index (χ0) is 23.0. The highest BCUT2D eigenvalue weighted by Crippen LogP contribution is 2.31. The van der Waals surface area contributed by atoms with Gasteiger partial charge in [-0.3, -0.25) is 25.0 Å². The molecule has 160 valence electrons. The highest BCUT2D eigenvalue weighted by atomic mass is 35.5. The number of rotatable bonds is 5. The van der Waals surface area contributed by atoms with E-state index >= 15 is 0 Å². The van der Waals surface area contributed by atoms with E-state index in [2.05, 4.69) is 10.3 Å². The summed E-state index contributed by atoms with van der Waals surface area (Å²) in [5.74, 6) is -1.16. The van der Waals surface area contributed by atoms with Crippen LogP contribution in [0.2, 0.25) is 5.02 Å². The SMILES string of the molecule is O=C(Nc1ccc2oc(-c3ccc(F)cc3Cl)nc2c1)c1cc([N+](=O)[O-])cc([N+](=O)[O-])c1. The van der Waals surface area contributed by atoms with Crippen molar-refractivity contribution in [2.75, 3.05) is 5.32 Å². The van der Waals surface area contributed by atoms with Crippen LogP contribution < -0.4 is 5.32 Å². The zero-order valence-electron chi connectivity index (χ0n) is 15.7. The normalized spacial score (nSPS) is 10.8. The van der Waals surface area contributed by atoms with Gasteiger partial charge in [-0.1, -0.05) is 11.6 Å². The number of fused-ring (bicyclic) bond motifs is 1. The Balaban J connectivity index is 1.64. The van der Waals surface area contributed by atoms with E-state index in [1.165, 1.54) is 30.3 Å². The van der Waals surface area contributed by atoms with Gasteiger partial charge < -0.3 is 9.73 Å². The third-order valence-electron chi connectivity index (χ3n) is 4.39. The summed E-state index contributed by atoms with van der Waals surface area (Å²) in [5, 5.41) is 24.7. The number of hydrogen-bond donors (Lipinski definition) is 1. The maximum absolute atomic E-state index is 13.3. The number of carbonyl (C=O) groups is 1. The molecule has 0 saturated carbocycles. The quantitative estimate of drug-likeness (QED) is 0.315. The van der Waals surface area contributed by atoms with Crippen molar-refractivity contribution in [3.05, 3.63) is 91.2 Å². The van der Waals surface area contributed by atoms with E-state index in [4.69, 9.17) is 16.0 Å². The summed E-state index contributed by atoms with van der Waals surface area (Å²) in [6, 6.07) is 10.9. The number of non-ortho nitro benzene ring substituents is 2. The lowest BCUT2D eigenvalue weighted by molar-refractivity contribution is -0.394. The van der Waals surface area contributed by atoms with Crippen molar-refractivity contribution < 1.29 is 23.4 Å². The monoisotopic (exact) mass is 456 g/mol. The molecule has 0 bridgehead atoms. The molecule has 0 spiro atoms. The fourth-order valence-corrected chi connectivity index (χ4v) is 3.17. The van der Waals surface area contributed by atoms with Gasteiger partial charge in [-0.05, 0) is 36.4 Å². The number of benzene rings is 3. The lowest BCUT2D eigenvalue weighted by Crippen LogP contribution is -2.12. The number of oxazole rings is 1. The van der Waals surface area contributed by atoms with Crippen LogP contribution in [0.5, 0.6) is 0 Å². The minimum Gasteiger partial charge on any atom is -0.436 e. The Labute approximate surface area is 182 Å². The van der Waals surface area contributed by atoms with Gasteiger partial charge in [0, 0.05) is 17.8 Å². The summed E-state index contributed by atoms with van der Waals surface area (Å²) in [7, 11) is 0. The maximum atomic E-state index is 13.3. The van der Waals surface area contributed by atoms with E-state index < -0.39 is 32.9 Å². The molecule has 0 atom stereocenters. The largest absolute Gasteiger partial charge is 0.436 e. The highest BCUT2D eigenvalue weighted by molar-refractivity contribution is 6.33. The average molecular weight is 457 g/mol. The number of nitro groups is 2.